The second kappa shape index (κ2) is 6.12. The molecule has 1 saturated carbocycles. The highest BCUT2D eigenvalue weighted by molar-refractivity contribution is 5.86. The second-order valence-electron chi connectivity index (χ2n) is 6.35. The maximum Gasteiger partial charge on any atom is 0.131 e. The van der Waals surface area contributed by atoms with E-state index >= 15 is 0 Å². The van der Waals surface area contributed by atoms with Crippen molar-refractivity contribution in [3.8, 4) is 0 Å². The Hall–Kier alpha value is -1.45. The third-order valence-electron chi connectivity index (χ3n) is 4.95. The number of nitrogens with two attached hydrogens (primary N) is 1. The van der Waals surface area contributed by atoms with Gasteiger partial charge in [-0.15, -0.1) is 0 Å². The smallest absolute Gasteiger partial charge is 0.131 e. The summed E-state index contributed by atoms with van der Waals surface area (Å²) in [6.07, 6.45) is 4.87. The van der Waals surface area contributed by atoms with Crippen molar-refractivity contribution in [1.29, 1.82) is 0 Å². The minimum atomic E-state index is -0.164. The number of benzene rings is 2. The monoisotopic (exact) mass is 286 g/mol. The van der Waals surface area contributed by atoms with Crippen LogP contribution in [0, 0.1) is 17.7 Å². The van der Waals surface area contributed by atoms with Crippen LogP contribution in [0.25, 0.3) is 10.8 Å². The summed E-state index contributed by atoms with van der Waals surface area (Å²) in [6.45, 7) is 2.31. The predicted octanol–water partition coefficient (Wildman–Crippen LogP) is 4.31. The zero-order valence-corrected chi connectivity index (χ0v) is 12.5. The molecule has 3 heteroatoms. The topological polar surface area (TPSA) is 38.0 Å². The molecule has 1 aliphatic rings. The van der Waals surface area contributed by atoms with E-state index < -0.39 is 0 Å². The van der Waals surface area contributed by atoms with E-state index in [0.717, 1.165) is 16.9 Å². The largest absolute Gasteiger partial charge is 0.271 e. The number of nitrogens with one attached hydrogen (secondary N) is 1. The van der Waals surface area contributed by atoms with Gasteiger partial charge in [0.05, 0.1) is 0 Å². The van der Waals surface area contributed by atoms with E-state index in [0.29, 0.717) is 11.3 Å². The molecule has 2 aromatic carbocycles. The minimum Gasteiger partial charge on any atom is -0.271 e. The van der Waals surface area contributed by atoms with Gasteiger partial charge >= 0.3 is 0 Å². The van der Waals surface area contributed by atoms with Gasteiger partial charge in [-0.3, -0.25) is 11.3 Å². The number of halogens is 1. The lowest BCUT2D eigenvalue weighted by Gasteiger charge is -2.33. The van der Waals surface area contributed by atoms with E-state index in [9.17, 15) is 4.39 Å². The summed E-state index contributed by atoms with van der Waals surface area (Å²) < 4.78 is 14.0. The van der Waals surface area contributed by atoms with Crippen LogP contribution in [0.5, 0.6) is 0 Å². The summed E-state index contributed by atoms with van der Waals surface area (Å²) in [6, 6.07) is 11.2. The molecule has 0 aliphatic heterocycles. The molecule has 2 aromatic rings. The van der Waals surface area contributed by atoms with Crippen molar-refractivity contribution in [2.45, 2.75) is 38.6 Å². The van der Waals surface area contributed by atoms with E-state index in [1.165, 1.54) is 25.7 Å². The van der Waals surface area contributed by atoms with Gasteiger partial charge in [-0.25, -0.2) is 4.39 Å². The van der Waals surface area contributed by atoms with Crippen LogP contribution in [0.2, 0.25) is 0 Å². The van der Waals surface area contributed by atoms with Crippen LogP contribution < -0.4 is 11.3 Å². The fourth-order valence-electron chi connectivity index (χ4n) is 3.66. The first-order chi connectivity index (χ1) is 10.2. The molecule has 112 valence electrons. The van der Waals surface area contributed by atoms with E-state index in [1.807, 2.05) is 30.3 Å². The molecular weight excluding hydrogens is 263 g/mol. The predicted molar refractivity (Wildman–Crippen MR) is 85.1 cm³/mol. The first-order valence-electron chi connectivity index (χ1n) is 7.84. The molecule has 0 heterocycles. The zero-order valence-electron chi connectivity index (χ0n) is 12.5. The Morgan fingerprint density at radius 3 is 2.38 bits per heavy atom. The van der Waals surface area contributed by atoms with Crippen LogP contribution in [0.15, 0.2) is 36.4 Å². The Kier molecular flexibility index (Phi) is 4.22. The first-order valence-corrected chi connectivity index (χ1v) is 7.84. The zero-order chi connectivity index (χ0) is 14.8. The lowest BCUT2D eigenvalue weighted by atomic mass is 9.77. The van der Waals surface area contributed by atoms with Gasteiger partial charge in [-0.2, -0.15) is 0 Å². The number of rotatable bonds is 3. The molecule has 0 saturated heterocycles. The average molecular weight is 286 g/mol. The molecule has 21 heavy (non-hydrogen) atoms. The summed E-state index contributed by atoms with van der Waals surface area (Å²) in [5.74, 6) is 7.03. The standard InChI is InChI=1S/C18H23FN2/c1-12-6-8-13(9-7-12)18(21-20)16-10-11-17(19)15-5-3-2-4-14(15)16/h2-5,10-13,18,21H,6-9,20H2,1H3. The van der Waals surface area contributed by atoms with Crippen LogP contribution in [0.3, 0.4) is 0 Å². The third-order valence-corrected chi connectivity index (χ3v) is 4.95. The molecule has 0 bridgehead atoms. The van der Waals surface area contributed by atoms with Gasteiger partial charge in [0.2, 0.25) is 0 Å². The Morgan fingerprint density at radius 2 is 1.71 bits per heavy atom. The summed E-state index contributed by atoms with van der Waals surface area (Å²) in [4.78, 5) is 0. The Morgan fingerprint density at radius 1 is 1.05 bits per heavy atom. The third kappa shape index (κ3) is 2.81. The van der Waals surface area contributed by atoms with Crippen molar-refractivity contribution >= 4 is 10.8 Å². The molecule has 1 fully saturated rings. The van der Waals surface area contributed by atoms with E-state index in [2.05, 4.69) is 12.3 Å². The van der Waals surface area contributed by atoms with Gasteiger partial charge in [0.25, 0.3) is 0 Å². The van der Waals surface area contributed by atoms with E-state index in [1.54, 1.807) is 6.07 Å². The Bertz CT molecular complexity index is 618. The molecule has 1 aliphatic carbocycles. The summed E-state index contributed by atoms with van der Waals surface area (Å²) in [7, 11) is 0. The van der Waals surface area contributed by atoms with Crippen molar-refractivity contribution in [2.24, 2.45) is 17.7 Å². The quantitative estimate of drug-likeness (QED) is 0.652. The average Bonchev–Trinajstić information content (AvgIpc) is 2.52. The lowest BCUT2D eigenvalue weighted by molar-refractivity contribution is 0.233. The highest BCUT2D eigenvalue weighted by Crippen LogP contribution is 2.38. The highest BCUT2D eigenvalue weighted by atomic mass is 19.1. The van der Waals surface area contributed by atoms with Crippen LogP contribution in [-0.2, 0) is 0 Å². The number of hydrazine groups is 1. The maximum atomic E-state index is 14.0. The van der Waals surface area contributed by atoms with Crippen molar-refractivity contribution < 1.29 is 4.39 Å². The molecule has 1 unspecified atom stereocenters. The van der Waals surface area contributed by atoms with E-state index in [4.69, 9.17) is 5.84 Å². The maximum absolute atomic E-state index is 14.0. The van der Waals surface area contributed by atoms with Crippen LogP contribution in [0.4, 0.5) is 4.39 Å². The highest BCUT2D eigenvalue weighted by Gasteiger charge is 2.27. The van der Waals surface area contributed by atoms with Crippen molar-refractivity contribution in [3.63, 3.8) is 0 Å². The van der Waals surface area contributed by atoms with Crippen molar-refractivity contribution in [1.82, 2.24) is 5.43 Å². The van der Waals surface area contributed by atoms with Crippen LogP contribution in [0.1, 0.15) is 44.2 Å². The molecule has 3 rings (SSSR count). The summed E-state index contributed by atoms with van der Waals surface area (Å²) >= 11 is 0. The number of fused-ring (bicyclic) bond motifs is 1. The fourth-order valence-corrected chi connectivity index (χ4v) is 3.66. The normalized spacial score (nSPS) is 24.1. The van der Waals surface area contributed by atoms with Crippen LogP contribution in [-0.4, -0.2) is 0 Å². The lowest BCUT2D eigenvalue weighted by Crippen LogP contribution is -2.35. The Balaban J connectivity index is 1.99. The van der Waals surface area contributed by atoms with Gasteiger partial charge < -0.3 is 0 Å². The number of hydrogen-bond donors (Lipinski definition) is 2. The molecule has 2 nitrogen and oxygen atoms in total. The molecular formula is C18H23FN2. The van der Waals surface area contributed by atoms with E-state index in [-0.39, 0.29) is 11.9 Å². The van der Waals surface area contributed by atoms with Gasteiger partial charge in [0.1, 0.15) is 5.82 Å². The molecule has 0 spiro atoms. The van der Waals surface area contributed by atoms with Crippen molar-refractivity contribution in [2.75, 3.05) is 0 Å². The molecule has 0 radical (unpaired) electrons. The van der Waals surface area contributed by atoms with Gasteiger partial charge in [0.15, 0.2) is 0 Å². The fraction of sp³-hybridized carbons (Fsp3) is 0.444. The first kappa shape index (κ1) is 14.5. The summed E-state index contributed by atoms with van der Waals surface area (Å²) in [5, 5.41) is 1.65. The van der Waals surface area contributed by atoms with Gasteiger partial charge in [-0.1, -0.05) is 50.1 Å². The molecule has 0 amide bonds. The molecule has 0 aromatic heterocycles. The SMILES string of the molecule is CC1CCC(C(NN)c2ccc(F)c3ccccc23)CC1. The van der Waals surface area contributed by atoms with Gasteiger partial charge in [0, 0.05) is 11.4 Å². The molecule has 1 atom stereocenters. The van der Waals surface area contributed by atoms with Crippen molar-refractivity contribution in [3.05, 3.63) is 47.8 Å². The van der Waals surface area contributed by atoms with Crippen LogP contribution >= 0.6 is 0 Å². The van der Waals surface area contributed by atoms with Gasteiger partial charge in [-0.05, 0) is 41.7 Å². The number of hydrogen-bond acceptors (Lipinski definition) is 2. The summed E-state index contributed by atoms with van der Waals surface area (Å²) in [5.41, 5.74) is 4.11. The second-order valence-corrected chi connectivity index (χ2v) is 6.35. The Labute approximate surface area is 125 Å². The molecule has 3 N–H and O–H groups in total. The minimum absolute atomic E-state index is 0.1000.